The molecule has 8 heteroatoms. The van der Waals surface area contributed by atoms with Crippen LogP contribution in [0.3, 0.4) is 0 Å². The number of nitrogens with one attached hydrogen (secondary N) is 1. The molecule has 0 radical (unpaired) electrons. The van der Waals surface area contributed by atoms with Gasteiger partial charge in [-0.15, -0.1) is 0 Å². The van der Waals surface area contributed by atoms with Crippen molar-refractivity contribution in [3.63, 3.8) is 0 Å². The lowest BCUT2D eigenvalue weighted by Crippen LogP contribution is -2.40. The molecule has 2 aromatic rings. The van der Waals surface area contributed by atoms with Gasteiger partial charge in [0, 0.05) is 6.54 Å². The van der Waals surface area contributed by atoms with Gasteiger partial charge in [0.15, 0.2) is 0 Å². The highest BCUT2D eigenvalue weighted by molar-refractivity contribution is 7.89. The van der Waals surface area contributed by atoms with Gasteiger partial charge in [-0.05, 0) is 56.3 Å². The second-order valence-electron chi connectivity index (χ2n) is 6.05. The minimum atomic E-state index is -3.85. The lowest BCUT2D eigenvalue weighted by molar-refractivity contribution is 0.147. The fraction of sp³-hybridized carbons (Fsp3) is 0.412. The van der Waals surface area contributed by atoms with E-state index in [2.05, 4.69) is 9.62 Å². The highest BCUT2D eigenvalue weighted by Crippen LogP contribution is 2.26. The Bertz CT molecular complexity index is 805. The Hall–Kier alpha value is -1.41. The Balaban J connectivity index is 1.78. The molecule has 136 valence electrons. The summed E-state index contributed by atoms with van der Waals surface area (Å²) >= 11 is 5.89. The lowest BCUT2D eigenvalue weighted by atomic mass is 10.1. The molecule has 1 saturated heterocycles. The van der Waals surface area contributed by atoms with E-state index in [1.54, 1.807) is 12.3 Å². The van der Waals surface area contributed by atoms with Gasteiger partial charge in [0.05, 0.1) is 17.3 Å². The number of likely N-dealkylation sites (tertiary alicyclic amines) is 1. The largest absolute Gasteiger partial charge is 0.468 e. The van der Waals surface area contributed by atoms with Crippen LogP contribution in [0.25, 0.3) is 0 Å². The van der Waals surface area contributed by atoms with Gasteiger partial charge < -0.3 is 4.42 Å². The van der Waals surface area contributed by atoms with E-state index in [0.717, 1.165) is 43.8 Å². The average molecular weight is 387 g/mol. The third kappa shape index (κ3) is 4.41. The number of hydrogen-bond donors (Lipinski definition) is 1. The molecule has 25 heavy (non-hydrogen) atoms. The minimum Gasteiger partial charge on any atom is -0.468 e. The molecule has 1 aliphatic rings. The zero-order valence-electron chi connectivity index (χ0n) is 13.6. The van der Waals surface area contributed by atoms with Crippen LogP contribution < -0.4 is 4.72 Å². The summed E-state index contributed by atoms with van der Waals surface area (Å²) in [5.74, 6) is 0.139. The molecular weight excluding hydrogens is 367 g/mol. The molecule has 1 fully saturated rings. The van der Waals surface area contributed by atoms with E-state index < -0.39 is 15.8 Å². The number of halogens is 2. The molecule has 3 rings (SSSR count). The van der Waals surface area contributed by atoms with Crippen LogP contribution in [0.4, 0.5) is 4.39 Å². The first-order valence-corrected chi connectivity index (χ1v) is 10.1. The van der Waals surface area contributed by atoms with Crippen molar-refractivity contribution in [3.05, 3.63) is 53.2 Å². The average Bonchev–Trinajstić information content (AvgIpc) is 3.10. The maximum Gasteiger partial charge on any atom is 0.242 e. The maximum absolute atomic E-state index is 13.2. The number of sulfonamides is 1. The van der Waals surface area contributed by atoms with Crippen molar-refractivity contribution < 1.29 is 17.2 Å². The SMILES string of the molecule is O=S(=O)(NC[C@@H](c1ccco1)N1CCCCC1)c1ccc(F)cc1Cl. The van der Waals surface area contributed by atoms with E-state index in [9.17, 15) is 12.8 Å². The second-order valence-corrected chi connectivity index (χ2v) is 8.20. The molecule has 0 unspecified atom stereocenters. The van der Waals surface area contributed by atoms with Gasteiger partial charge in [0.2, 0.25) is 10.0 Å². The zero-order chi connectivity index (χ0) is 17.9. The molecule has 0 bridgehead atoms. The van der Waals surface area contributed by atoms with Gasteiger partial charge in [-0.1, -0.05) is 18.0 Å². The first-order chi connectivity index (χ1) is 12.0. The number of piperidine rings is 1. The minimum absolute atomic E-state index is 0.132. The highest BCUT2D eigenvalue weighted by atomic mass is 35.5. The maximum atomic E-state index is 13.2. The van der Waals surface area contributed by atoms with E-state index in [1.807, 2.05) is 6.07 Å². The summed E-state index contributed by atoms with van der Waals surface area (Å²) in [4.78, 5) is 2.09. The molecule has 1 aliphatic heterocycles. The van der Waals surface area contributed by atoms with Crippen molar-refractivity contribution in [2.24, 2.45) is 0 Å². The van der Waals surface area contributed by atoms with Crippen LogP contribution in [-0.2, 0) is 10.0 Å². The number of furan rings is 1. The van der Waals surface area contributed by atoms with Crippen LogP contribution in [-0.4, -0.2) is 33.0 Å². The summed E-state index contributed by atoms with van der Waals surface area (Å²) in [6.07, 6.45) is 4.91. The molecule has 0 aliphatic carbocycles. The smallest absolute Gasteiger partial charge is 0.242 e. The second kappa shape index (κ2) is 7.86. The molecular formula is C17H20ClFN2O3S. The molecule has 1 aromatic heterocycles. The standard InChI is InChI=1S/C17H20ClFN2O3S/c18-14-11-13(19)6-7-17(14)25(22,23)20-12-15(16-5-4-10-24-16)21-8-2-1-3-9-21/h4-7,10-11,15,20H,1-3,8-9,12H2/t15-/m0/s1. The Morgan fingerprint density at radius 3 is 2.64 bits per heavy atom. The van der Waals surface area contributed by atoms with E-state index in [-0.39, 0.29) is 22.5 Å². The Morgan fingerprint density at radius 1 is 1.24 bits per heavy atom. The molecule has 1 aromatic carbocycles. The Labute approximate surface area is 151 Å². The van der Waals surface area contributed by atoms with Crippen LogP contribution in [0.1, 0.15) is 31.1 Å². The molecule has 2 heterocycles. The van der Waals surface area contributed by atoms with Gasteiger partial charge in [-0.3, -0.25) is 4.90 Å². The summed E-state index contributed by atoms with van der Waals surface area (Å²) in [7, 11) is -3.85. The van der Waals surface area contributed by atoms with Crippen LogP contribution in [0, 0.1) is 5.82 Å². The monoisotopic (exact) mass is 386 g/mol. The van der Waals surface area contributed by atoms with Crippen LogP contribution in [0.5, 0.6) is 0 Å². The van der Waals surface area contributed by atoms with Crippen LogP contribution in [0.2, 0.25) is 5.02 Å². The van der Waals surface area contributed by atoms with Crippen molar-refractivity contribution in [1.82, 2.24) is 9.62 Å². The number of benzene rings is 1. The van der Waals surface area contributed by atoms with E-state index >= 15 is 0 Å². The van der Waals surface area contributed by atoms with Crippen LogP contribution in [0.15, 0.2) is 45.9 Å². The number of nitrogens with zero attached hydrogens (tertiary/aromatic N) is 1. The normalized spacial score (nSPS) is 17.5. The predicted molar refractivity (Wildman–Crippen MR) is 93.5 cm³/mol. The highest BCUT2D eigenvalue weighted by Gasteiger charge is 2.27. The van der Waals surface area contributed by atoms with Crippen LogP contribution >= 0.6 is 11.6 Å². The van der Waals surface area contributed by atoms with Gasteiger partial charge in [0.25, 0.3) is 0 Å². The Kier molecular flexibility index (Phi) is 5.78. The molecule has 1 atom stereocenters. The molecule has 0 saturated carbocycles. The number of rotatable bonds is 6. The van der Waals surface area contributed by atoms with Gasteiger partial charge >= 0.3 is 0 Å². The van der Waals surface area contributed by atoms with Gasteiger partial charge in [0.1, 0.15) is 16.5 Å². The lowest BCUT2D eigenvalue weighted by Gasteiger charge is -2.33. The first-order valence-electron chi connectivity index (χ1n) is 8.19. The van der Waals surface area contributed by atoms with E-state index in [0.29, 0.717) is 0 Å². The van der Waals surface area contributed by atoms with Crippen molar-refractivity contribution in [1.29, 1.82) is 0 Å². The predicted octanol–water partition coefficient (Wildman–Crippen LogP) is 3.58. The van der Waals surface area contributed by atoms with Gasteiger partial charge in [-0.2, -0.15) is 0 Å². The van der Waals surface area contributed by atoms with E-state index in [1.165, 1.54) is 12.5 Å². The summed E-state index contributed by atoms with van der Waals surface area (Å²) in [5.41, 5.74) is 0. The van der Waals surface area contributed by atoms with Crippen molar-refractivity contribution in [2.45, 2.75) is 30.2 Å². The fourth-order valence-electron chi connectivity index (χ4n) is 3.08. The van der Waals surface area contributed by atoms with Crippen molar-refractivity contribution >= 4 is 21.6 Å². The summed E-state index contributed by atoms with van der Waals surface area (Å²) in [6.45, 7) is 1.94. The topological polar surface area (TPSA) is 62.6 Å². The van der Waals surface area contributed by atoms with E-state index in [4.69, 9.17) is 16.0 Å². The molecule has 1 N–H and O–H groups in total. The third-order valence-electron chi connectivity index (χ3n) is 4.35. The van der Waals surface area contributed by atoms with Crippen molar-refractivity contribution in [3.8, 4) is 0 Å². The summed E-state index contributed by atoms with van der Waals surface area (Å²) in [5, 5.41) is -0.139. The third-order valence-corrected chi connectivity index (χ3v) is 6.26. The fourth-order valence-corrected chi connectivity index (χ4v) is 4.65. The number of hydrogen-bond acceptors (Lipinski definition) is 4. The first kappa shape index (κ1) is 18.4. The summed E-state index contributed by atoms with van der Waals surface area (Å²) < 4.78 is 46.4. The summed E-state index contributed by atoms with van der Waals surface area (Å²) in [6, 6.07) is 6.68. The molecule has 0 amide bonds. The molecule has 0 spiro atoms. The van der Waals surface area contributed by atoms with Crippen molar-refractivity contribution in [2.75, 3.05) is 19.6 Å². The van der Waals surface area contributed by atoms with Gasteiger partial charge in [-0.25, -0.2) is 17.5 Å². The zero-order valence-corrected chi connectivity index (χ0v) is 15.2. The Morgan fingerprint density at radius 2 is 2.00 bits per heavy atom. The molecule has 5 nitrogen and oxygen atoms in total. The quantitative estimate of drug-likeness (QED) is 0.824.